The summed E-state index contributed by atoms with van der Waals surface area (Å²) in [5, 5.41) is 5.33. The first kappa shape index (κ1) is 11.0. The maximum absolute atomic E-state index is 3.21. The Hall–Kier alpha value is -0.0500. The van der Waals surface area contributed by atoms with Crippen LogP contribution in [-0.4, -0.2) is 13.1 Å². The molecule has 1 aromatic heterocycles. The molecule has 0 fully saturated rings. The van der Waals surface area contributed by atoms with E-state index in [9.17, 15) is 0 Å². The molecule has 0 radical (unpaired) electrons. The third kappa shape index (κ3) is 3.75. The van der Waals surface area contributed by atoms with Crippen LogP contribution in [-0.2, 0) is 6.42 Å². The smallest absolute Gasteiger partial charge is 0.00840 e. The molecule has 1 unspecified atom stereocenters. The second-order valence-corrected chi connectivity index (χ2v) is 3.51. The second-order valence-electron chi connectivity index (χ2n) is 2.47. The number of rotatable bonds is 3. The van der Waals surface area contributed by atoms with Crippen molar-refractivity contribution in [2.24, 2.45) is 0 Å². The Balaban J connectivity index is 0.000001000. The molecule has 0 bridgehead atoms. The maximum Gasteiger partial charge on any atom is 0.00840 e. The summed E-state index contributed by atoms with van der Waals surface area (Å²) in [6, 6.07) is 4.87. The van der Waals surface area contributed by atoms with E-state index in [1.54, 1.807) is 0 Å². The normalized spacial score (nSPS) is 12.2. The van der Waals surface area contributed by atoms with Crippen molar-refractivity contribution in [2.45, 2.75) is 19.4 Å². The number of hydrogen-bond acceptors (Lipinski definition) is 2. The minimum absolute atomic E-state index is 0. The van der Waals surface area contributed by atoms with Crippen LogP contribution in [0.15, 0.2) is 17.5 Å². The Morgan fingerprint density at radius 1 is 1.64 bits per heavy atom. The molecule has 0 saturated heterocycles. The lowest BCUT2D eigenvalue weighted by Crippen LogP contribution is -2.22. The molecule has 0 aliphatic heterocycles. The Labute approximate surface area is 78.2 Å². The minimum atomic E-state index is 0. The van der Waals surface area contributed by atoms with Gasteiger partial charge < -0.3 is 5.32 Å². The molecule has 0 aromatic carbocycles. The number of nitrogens with one attached hydrogen (secondary N) is 1. The van der Waals surface area contributed by atoms with E-state index in [-0.39, 0.29) is 12.4 Å². The first-order valence-corrected chi connectivity index (χ1v) is 4.40. The largest absolute Gasteiger partial charge is 0.317 e. The molecule has 64 valence electrons. The van der Waals surface area contributed by atoms with Crippen molar-refractivity contribution >= 4 is 23.7 Å². The van der Waals surface area contributed by atoms with E-state index in [1.807, 2.05) is 18.4 Å². The van der Waals surface area contributed by atoms with Gasteiger partial charge in [-0.1, -0.05) is 6.07 Å². The van der Waals surface area contributed by atoms with Gasteiger partial charge in [-0.3, -0.25) is 0 Å². The summed E-state index contributed by atoms with van der Waals surface area (Å²) < 4.78 is 0. The fourth-order valence-corrected chi connectivity index (χ4v) is 1.67. The predicted octanol–water partition coefficient (Wildman–Crippen LogP) is 2.32. The van der Waals surface area contributed by atoms with Crippen molar-refractivity contribution in [1.29, 1.82) is 0 Å². The lowest BCUT2D eigenvalue weighted by Gasteiger charge is -2.06. The van der Waals surface area contributed by atoms with Gasteiger partial charge in [0.25, 0.3) is 0 Å². The number of hydrogen-bond donors (Lipinski definition) is 1. The van der Waals surface area contributed by atoms with Crippen molar-refractivity contribution in [3.8, 4) is 0 Å². The van der Waals surface area contributed by atoms with Crippen molar-refractivity contribution in [2.75, 3.05) is 7.05 Å². The van der Waals surface area contributed by atoms with Crippen molar-refractivity contribution < 1.29 is 0 Å². The topological polar surface area (TPSA) is 12.0 Å². The van der Waals surface area contributed by atoms with Crippen LogP contribution >= 0.6 is 23.7 Å². The van der Waals surface area contributed by atoms with E-state index in [4.69, 9.17) is 0 Å². The molecule has 0 aliphatic rings. The maximum atomic E-state index is 3.21. The Kier molecular flexibility index (Phi) is 5.56. The van der Waals surface area contributed by atoms with Crippen LogP contribution in [0.3, 0.4) is 0 Å². The van der Waals surface area contributed by atoms with Gasteiger partial charge >= 0.3 is 0 Å². The van der Waals surface area contributed by atoms with Gasteiger partial charge in [-0.25, -0.2) is 0 Å². The van der Waals surface area contributed by atoms with Gasteiger partial charge in [-0.05, 0) is 31.8 Å². The van der Waals surface area contributed by atoms with E-state index in [0.717, 1.165) is 6.42 Å². The van der Waals surface area contributed by atoms with Crippen LogP contribution in [0.2, 0.25) is 0 Å². The lowest BCUT2D eigenvalue weighted by atomic mass is 10.2. The molecule has 1 heterocycles. The molecule has 1 nitrogen and oxygen atoms in total. The first-order valence-electron chi connectivity index (χ1n) is 3.52. The summed E-state index contributed by atoms with van der Waals surface area (Å²) in [4.78, 5) is 1.46. The fourth-order valence-electron chi connectivity index (χ4n) is 0.833. The van der Waals surface area contributed by atoms with E-state index >= 15 is 0 Å². The molecular formula is C8H14ClNS. The molecule has 0 saturated carbocycles. The highest BCUT2D eigenvalue weighted by molar-refractivity contribution is 7.09. The van der Waals surface area contributed by atoms with Crippen molar-refractivity contribution in [3.63, 3.8) is 0 Å². The Morgan fingerprint density at radius 2 is 2.36 bits per heavy atom. The van der Waals surface area contributed by atoms with Gasteiger partial charge in [-0.15, -0.1) is 23.7 Å². The number of likely N-dealkylation sites (N-methyl/N-ethyl adjacent to an activating group) is 1. The average Bonchev–Trinajstić information content (AvgIpc) is 2.40. The predicted molar refractivity (Wildman–Crippen MR) is 53.8 cm³/mol. The van der Waals surface area contributed by atoms with Crippen LogP contribution in [0.25, 0.3) is 0 Å². The molecule has 1 aromatic rings. The van der Waals surface area contributed by atoms with Gasteiger partial charge in [0, 0.05) is 10.9 Å². The zero-order valence-corrected chi connectivity index (χ0v) is 8.47. The lowest BCUT2D eigenvalue weighted by molar-refractivity contribution is 0.613. The summed E-state index contributed by atoms with van der Waals surface area (Å²) in [5.74, 6) is 0. The second kappa shape index (κ2) is 5.58. The van der Waals surface area contributed by atoms with Gasteiger partial charge in [0.2, 0.25) is 0 Å². The molecule has 1 atom stereocenters. The highest BCUT2D eigenvalue weighted by Gasteiger charge is 1.99. The molecule has 0 amide bonds. The molecule has 1 rings (SSSR count). The average molecular weight is 192 g/mol. The summed E-state index contributed by atoms with van der Waals surface area (Å²) in [6.07, 6.45) is 1.15. The summed E-state index contributed by atoms with van der Waals surface area (Å²) in [6.45, 7) is 2.19. The highest BCUT2D eigenvalue weighted by atomic mass is 35.5. The molecule has 3 heteroatoms. The minimum Gasteiger partial charge on any atom is -0.317 e. The Bertz CT molecular complexity index is 174. The Morgan fingerprint density at radius 3 is 2.82 bits per heavy atom. The van der Waals surface area contributed by atoms with Gasteiger partial charge in [0.15, 0.2) is 0 Å². The van der Waals surface area contributed by atoms with E-state index in [1.165, 1.54) is 4.88 Å². The van der Waals surface area contributed by atoms with Crippen molar-refractivity contribution in [1.82, 2.24) is 5.32 Å². The van der Waals surface area contributed by atoms with Crippen molar-refractivity contribution in [3.05, 3.63) is 22.4 Å². The SMILES string of the molecule is CNC(C)Cc1cccs1.Cl. The third-order valence-corrected chi connectivity index (χ3v) is 2.48. The zero-order valence-electron chi connectivity index (χ0n) is 6.83. The van der Waals surface area contributed by atoms with Crippen LogP contribution in [0.4, 0.5) is 0 Å². The standard InChI is InChI=1S/C8H13NS.ClH/c1-7(9-2)6-8-4-3-5-10-8;/h3-5,7,9H,6H2,1-2H3;1H. The quantitative estimate of drug-likeness (QED) is 0.774. The van der Waals surface area contributed by atoms with E-state index in [2.05, 4.69) is 29.8 Å². The molecule has 11 heavy (non-hydrogen) atoms. The molecule has 1 N–H and O–H groups in total. The van der Waals surface area contributed by atoms with Crippen LogP contribution in [0.5, 0.6) is 0 Å². The molecular weight excluding hydrogens is 178 g/mol. The first-order chi connectivity index (χ1) is 4.83. The molecule has 0 spiro atoms. The third-order valence-electron chi connectivity index (χ3n) is 1.58. The van der Waals surface area contributed by atoms with E-state index < -0.39 is 0 Å². The molecule has 0 aliphatic carbocycles. The van der Waals surface area contributed by atoms with Crippen LogP contribution in [0, 0.1) is 0 Å². The number of thiophene rings is 1. The monoisotopic (exact) mass is 191 g/mol. The van der Waals surface area contributed by atoms with Gasteiger partial charge in [0.1, 0.15) is 0 Å². The van der Waals surface area contributed by atoms with Crippen LogP contribution in [0.1, 0.15) is 11.8 Å². The summed E-state index contributed by atoms with van der Waals surface area (Å²) in [7, 11) is 2.00. The fraction of sp³-hybridized carbons (Fsp3) is 0.500. The highest BCUT2D eigenvalue weighted by Crippen LogP contribution is 2.10. The summed E-state index contributed by atoms with van der Waals surface area (Å²) >= 11 is 1.83. The van der Waals surface area contributed by atoms with Gasteiger partial charge in [-0.2, -0.15) is 0 Å². The van der Waals surface area contributed by atoms with Gasteiger partial charge in [0.05, 0.1) is 0 Å². The van der Waals surface area contributed by atoms with Crippen LogP contribution < -0.4 is 5.32 Å². The zero-order chi connectivity index (χ0) is 7.40. The number of halogens is 1. The summed E-state index contributed by atoms with van der Waals surface area (Å²) in [5.41, 5.74) is 0. The van der Waals surface area contributed by atoms with E-state index in [0.29, 0.717) is 6.04 Å².